The summed E-state index contributed by atoms with van der Waals surface area (Å²) in [5.74, 6) is -1.46. The number of carbonyl (C=O) groups is 1. The van der Waals surface area contributed by atoms with Crippen LogP contribution >= 0.6 is 0 Å². The highest BCUT2D eigenvalue weighted by Crippen LogP contribution is 2.44. The number of hydrogen-bond donors (Lipinski definition) is 1. The summed E-state index contributed by atoms with van der Waals surface area (Å²) < 4.78 is 43.3. The van der Waals surface area contributed by atoms with Crippen molar-refractivity contribution in [3.63, 3.8) is 0 Å². The molecule has 2 saturated carbocycles. The lowest BCUT2D eigenvalue weighted by molar-refractivity contribution is -0.214. The van der Waals surface area contributed by atoms with E-state index in [4.69, 9.17) is 4.74 Å². The second-order valence-corrected chi connectivity index (χ2v) is 7.89. The zero-order chi connectivity index (χ0) is 17.3. The second kappa shape index (κ2) is 7.22. The number of cyclic esters (lactones) is 1. The molecule has 0 aromatic rings. The molecule has 0 aromatic carbocycles. The molecule has 2 unspecified atom stereocenters. The van der Waals surface area contributed by atoms with Crippen LogP contribution in [-0.4, -0.2) is 29.5 Å². The first-order valence-electron chi connectivity index (χ1n) is 9.30. The van der Waals surface area contributed by atoms with E-state index in [2.05, 4.69) is 0 Å². The summed E-state index contributed by atoms with van der Waals surface area (Å²) in [6.45, 7) is 0. The van der Waals surface area contributed by atoms with Gasteiger partial charge in [0.15, 0.2) is 5.92 Å². The third-order valence-electron chi connectivity index (χ3n) is 6.44. The Morgan fingerprint density at radius 2 is 1.29 bits per heavy atom. The molecule has 3 aliphatic rings. The molecular weight excluding hydrogens is 321 g/mol. The van der Waals surface area contributed by atoms with Gasteiger partial charge in [0.05, 0.1) is 6.10 Å². The number of rotatable bonds is 2. The standard InChI is InChI=1S/C18H27F3O3/c19-18(20,21)15-9-10-16(24-17(15)23)13-3-1-11(2-4-13)12-5-7-14(22)8-6-12/h11-16,22H,1-10H2. The van der Waals surface area contributed by atoms with E-state index in [1.165, 1.54) is 0 Å². The lowest BCUT2D eigenvalue weighted by Gasteiger charge is -2.40. The number of halogens is 3. The van der Waals surface area contributed by atoms with Gasteiger partial charge in [0, 0.05) is 0 Å². The summed E-state index contributed by atoms with van der Waals surface area (Å²) in [5.41, 5.74) is 0. The normalized spacial score (nSPS) is 41.8. The monoisotopic (exact) mass is 348 g/mol. The topological polar surface area (TPSA) is 46.5 Å². The third kappa shape index (κ3) is 4.06. The molecule has 1 heterocycles. The van der Waals surface area contributed by atoms with Gasteiger partial charge in [-0.05, 0) is 82.0 Å². The summed E-state index contributed by atoms with van der Waals surface area (Å²) >= 11 is 0. The minimum absolute atomic E-state index is 0.132. The predicted molar refractivity (Wildman–Crippen MR) is 82.1 cm³/mol. The first kappa shape index (κ1) is 18.0. The van der Waals surface area contributed by atoms with Crippen LogP contribution in [0, 0.1) is 23.7 Å². The van der Waals surface area contributed by atoms with Gasteiger partial charge in [-0.3, -0.25) is 4.79 Å². The molecule has 3 nitrogen and oxygen atoms in total. The molecule has 138 valence electrons. The SMILES string of the molecule is O=C1OC(C2CCC(C3CCC(O)CC3)CC2)CCC1C(F)(F)F. The van der Waals surface area contributed by atoms with Crippen LogP contribution in [-0.2, 0) is 9.53 Å². The van der Waals surface area contributed by atoms with Crippen molar-refractivity contribution in [1.29, 1.82) is 0 Å². The minimum Gasteiger partial charge on any atom is -0.462 e. The van der Waals surface area contributed by atoms with E-state index in [9.17, 15) is 23.1 Å². The van der Waals surface area contributed by atoms with Gasteiger partial charge in [-0.25, -0.2) is 0 Å². The Labute approximate surface area is 140 Å². The maximum Gasteiger partial charge on any atom is 0.402 e. The molecule has 0 spiro atoms. The highest BCUT2D eigenvalue weighted by atomic mass is 19.4. The molecule has 6 heteroatoms. The first-order valence-corrected chi connectivity index (χ1v) is 9.30. The number of esters is 1. The van der Waals surface area contributed by atoms with Crippen LogP contribution in [0.1, 0.15) is 64.2 Å². The summed E-state index contributed by atoms with van der Waals surface area (Å²) in [7, 11) is 0. The van der Waals surface area contributed by atoms with Crippen molar-refractivity contribution in [1.82, 2.24) is 0 Å². The molecule has 0 amide bonds. The maximum atomic E-state index is 12.7. The lowest BCUT2D eigenvalue weighted by Crippen LogP contribution is -2.42. The molecule has 2 aliphatic carbocycles. The fourth-order valence-corrected chi connectivity index (χ4v) is 4.93. The van der Waals surface area contributed by atoms with Crippen LogP contribution in [0.3, 0.4) is 0 Å². The van der Waals surface area contributed by atoms with Crippen LogP contribution in [0.15, 0.2) is 0 Å². The highest BCUT2D eigenvalue weighted by molar-refractivity contribution is 5.74. The van der Waals surface area contributed by atoms with Crippen molar-refractivity contribution >= 4 is 5.97 Å². The fourth-order valence-electron chi connectivity index (χ4n) is 4.93. The Morgan fingerprint density at radius 3 is 1.79 bits per heavy atom. The Kier molecular flexibility index (Phi) is 5.42. The molecule has 0 radical (unpaired) electrons. The molecule has 0 aromatic heterocycles. The van der Waals surface area contributed by atoms with Gasteiger partial charge in [-0.1, -0.05) is 0 Å². The Morgan fingerprint density at radius 1 is 0.792 bits per heavy atom. The number of alkyl halides is 3. The second-order valence-electron chi connectivity index (χ2n) is 7.89. The molecule has 1 saturated heterocycles. The quantitative estimate of drug-likeness (QED) is 0.760. The van der Waals surface area contributed by atoms with Gasteiger partial charge in [-0.2, -0.15) is 13.2 Å². The summed E-state index contributed by atoms with van der Waals surface area (Å²) in [6.07, 6.45) is 3.24. The lowest BCUT2D eigenvalue weighted by atomic mass is 9.69. The number of aliphatic hydroxyl groups excluding tert-OH is 1. The van der Waals surface area contributed by atoms with Gasteiger partial charge in [0.1, 0.15) is 6.10 Å². The average Bonchev–Trinajstić information content (AvgIpc) is 2.54. The van der Waals surface area contributed by atoms with E-state index in [0.717, 1.165) is 51.4 Å². The van der Waals surface area contributed by atoms with Gasteiger partial charge >= 0.3 is 12.1 Å². The van der Waals surface area contributed by atoms with Crippen molar-refractivity contribution < 1.29 is 27.8 Å². The minimum atomic E-state index is -4.48. The molecule has 1 N–H and O–H groups in total. The number of aliphatic hydroxyl groups is 1. The molecule has 24 heavy (non-hydrogen) atoms. The van der Waals surface area contributed by atoms with Gasteiger partial charge in [0.2, 0.25) is 0 Å². The van der Waals surface area contributed by atoms with E-state index in [1.54, 1.807) is 0 Å². The van der Waals surface area contributed by atoms with Crippen molar-refractivity contribution in [2.75, 3.05) is 0 Å². The summed E-state index contributed by atoms with van der Waals surface area (Å²) in [6, 6.07) is 0. The molecule has 3 rings (SSSR count). The Hall–Kier alpha value is -0.780. The third-order valence-corrected chi connectivity index (χ3v) is 6.44. The number of hydrogen-bond acceptors (Lipinski definition) is 3. The fraction of sp³-hybridized carbons (Fsp3) is 0.944. The molecule has 0 bridgehead atoms. The van der Waals surface area contributed by atoms with Crippen LogP contribution in [0.4, 0.5) is 13.2 Å². The van der Waals surface area contributed by atoms with Crippen molar-refractivity contribution in [2.45, 2.75) is 82.6 Å². The molecular formula is C18H27F3O3. The summed E-state index contributed by atoms with van der Waals surface area (Å²) in [5, 5.41) is 9.61. The highest BCUT2D eigenvalue weighted by Gasteiger charge is 2.49. The Bertz CT molecular complexity index is 435. The zero-order valence-corrected chi connectivity index (χ0v) is 13.9. The molecule has 2 atom stereocenters. The van der Waals surface area contributed by atoms with E-state index < -0.39 is 18.1 Å². The van der Waals surface area contributed by atoms with Gasteiger partial charge < -0.3 is 9.84 Å². The number of carbonyl (C=O) groups excluding carboxylic acids is 1. The Balaban J connectivity index is 1.46. The largest absolute Gasteiger partial charge is 0.462 e. The van der Waals surface area contributed by atoms with Gasteiger partial charge in [0.25, 0.3) is 0 Å². The summed E-state index contributed by atoms with van der Waals surface area (Å²) in [4.78, 5) is 11.7. The molecule has 1 aliphatic heterocycles. The van der Waals surface area contributed by atoms with Crippen LogP contribution < -0.4 is 0 Å². The predicted octanol–water partition coefficient (Wildman–Crippen LogP) is 4.23. The van der Waals surface area contributed by atoms with E-state index in [0.29, 0.717) is 18.3 Å². The smallest absolute Gasteiger partial charge is 0.402 e. The van der Waals surface area contributed by atoms with Crippen LogP contribution in [0.5, 0.6) is 0 Å². The van der Waals surface area contributed by atoms with E-state index >= 15 is 0 Å². The van der Waals surface area contributed by atoms with Crippen LogP contribution in [0.2, 0.25) is 0 Å². The van der Waals surface area contributed by atoms with Crippen LogP contribution in [0.25, 0.3) is 0 Å². The zero-order valence-electron chi connectivity index (χ0n) is 13.9. The molecule has 3 fully saturated rings. The van der Waals surface area contributed by atoms with Crippen molar-refractivity contribution in [3.8, 4) is 0 Å². The van der Waals surface area contributed by atoms with E-state index in [-0.39, 0.29) is 24.5 Å². The number of ether oxygens (including phenoxy) is 1. The first-order chi connectivity index (χ1) is 11.3. The van der Waals surface area contributed by atoms with Crippen molar-refractivity contribution in [2.24, 2.45) is 23.7 Å². The van der Waals surface area contributed by atoms with Crippen molar-refractivity contribution in [3.05, 3.63) is 0 Å². The van der Waals surface area contributed by atoms with E-state index in [1.807, 2.05) is 0 Å². The maximum absolute atomic E-state index is 12.7. The van der Waals surface area contributed by atoms with Gasteiger partial charge in [-0.15, -0.1) is 0 Å². The average molecular weight is 348 g/mol.